The van der Waals surface area contributed by atoms with E-state index in [1.807, 2.05) is 0 Å². The van der Waals surface area contributed by atoms with Crippen molar-refractivity contribution in [2.45, 2.75) is 54.8 Å². The fourth-order valence-corrected chi connectivity index (χ4v) is 6.75. The standard InChI is InChI=1S/C27H25F6N5O4/c28-17-3-6-19(20(29)7-17)25(41,13-38-15-34-35-36-38)27(32,33)24-10-23(11-24,12-24)16-1-4-18(5-2-16)42-21-8-37(22(40)9-39)14-26(21,30)31/h1-7,15,21,39,41H,8-14H2. The summed E-state index contributed by atoms with van der Waals surface area (Å²) >= 11 is 0. The number of carbonyl (C=O) groups excluding carboxylic acids is 1. The van der Waals surface area contributed by atoms with Crippen LogP contribution in [0, 0.1) is 17.0 Å². The van der Waals surface area contributed by atoms with Crippen LogP contribution in [-0.4, -0.2) is 78.9 Å². The Labute approximate surface area is 234 Å². The summed E-state index contributed by atoms with van der Waals surface area (Å²) in [6, 6.07) is 8.06. The summed E-state index contributed by atoms with van der Waals surface area (Å²) in [5, 5.41) is 30.7. The summed E-state index contributed by atoms with van der Waals surface area (Å²) in [5.41, 5.74) is -5.59. The minimum absolute atomic E-state index is 0.0487. The molecule has 3 saturated carbocycles. The molecule has 2 bridgehead atoms. The quantitative estimate of drug-likeness (QED) is 0.365. The second-order valence-corrected chi connectivity index (χ2v) is 11.5. The summed E-state index contributed by atoms with van der Waals surface area (Å²) in [6.07, 6.45) is -0.772. The van der Waals surface area contributed by atoms with Gasteiger partial charge in [-0.25, -0.2) is 31.0 Å². The van der Waals surface area contributed by atoms with Crippen LogP contribution in [0.5, 0.6) is 5.75 Å². The van der Waals surface area contributed by atoms with Crippen LogP contribution in [0.2, 0.25) is 0 Å². The number of aromatic nitrogens is 4. The minimum Gasteiger partial charge on any atom is -0.482 e. The first kappa shape index (κ1) is 28.4. The van der Waals surface area contributed by atoms with E-state index in [0.29, 0.717) is 11.6 Å². The number of nitrogens with zero attached hydrogens (tertiary/aromatic N) is 5. The van der Waals surface area contributed by atoms with Crippen LogP contribution in [0.25, 0.3) is 0 Å². The van der Waals surface area contributed by atoms with Crippen molar-refractivity contribution in [1.29, 1.82) is 0 Å². The summed E-state index contributed by atoms with van der Waals surface area (Å²) in [4.78, 5) is 12.4. The number of likely N-dealkylation sites (tertiary alicyclic amines) is 1. The fourth-order valence-electron chi connectivity index (χ4n) is 6.75. The molecule has 0 radical (unpaired) electrons. The Morgan fingerprint density at radius 1 is 1.10 bits per heavy atom. The average molecular weight is 598 g/mol. The lowest BCUT2D eigenvalue weighted by atomic mass is 9.30. The molecule has 4 fully saturated rings. The molecule has 2 heterocycles. The van der Waals surface area contributed by atoms with Gasteiger partial charge in [-0.2, -0.15) is 0 Å². The highest BCUT2D eigenvalue weighted by molar-refractivity contribution is 5.77. The first-order chi connectivity index (χ1) is 19.7. The number of benzene rings is 2. The molecule has 3 aromatic rings. The van der Waals surface area contributed by atoms with E-state index in [4.69, 9.17) is 9.84 Å². The number of ether oxygens (including phenoxy) is 1. The number of amides is 1. The van der Waals surface area contributed by atoms with Gasteiger partial charge >= 0.3 is 5.92 Å². The first-order valence-electron chi connectivity index (χ1n) is 13.0. The molecule has 15 heteroatoms. The second-order valence-electron chi connectivity index (χ2n) is 11.5. The van der Waals surface area contributed by atoms with Gasteiger partial charge in [-0.15, -0.1) is 5.10 Å². The van der Waals surface area contributed by atoms with Crippen molar-refractivity contribution >= 4 is 5.91 Å². The third-order valence-corrected chi connectivity index (χ3v) is 8.87. The molecule has 2 unspecified atom stereocenters. The second kappa shape index (κ2) is 9.39. The highest BCUT2D eigenvalue weighted by Crippen LogP contribution is 2.80. The van der Waals surface area contributed by atoms with Crippen LogP contribution >= 0.6 is 0 Å². The van der Waals surface area contributed by atoms with Crippen LogP contribution in [0.4, 0.5) is 26.3 Å². The van der Waals surface area contributed by atoms with Gasteiger partial charge < -0.3 is 19.8 Å². The molecule has 1 aromatic heterocycles. The predicted octanol–water partition coefficient (Wildman–Crippen LogP) is 2.81. The zero-order chi connectivity index (χ0) is 30.1. The van der Waals surface area contributed by atoms with Crippen molar-refractivity contribution in [3.05, 3.63) is 71.6 Å². The third kappa shape index (κ3) is 4.15. The number of halogens is 6. The Hall–Kier alpha value is -3.72. The number of alkyl halides is 4. The molecule has 1 amide bonds. The number of hydrogen-bond acceptors (Lipinski definition) is 7. The van der Waals surface area contributed by atoms with E-state index in [1.54, 1.807) is 12.1 Å². The molecule has 1 saturated heterocycles. The van der Waals surface area contributed by atoms with E-state index in [2.05, 4.69) is 15.5 Å². The lowest BCUT2D eigenvalue weighted by Crippen LogP contribution is -2.76. The fraction of sp³-hybridized carbons (Fsp3) is 0.481. The van der Waals surface area contributed by atoms with E-state index < -0.39 is 83.7 Å². The zero-order valence-corrected chi connectivity index (χ0v) is 21.9. The summed E-state index contributed by atoms with van der Waals surface area (Å²) in [7, 11) is 0. The number of tetrazole rings is 1. The van der Waals surface area contributed by atoms with E-state index >= 15 is 8.78 Å². The van der Waals surface area contributed by atoms with E-state index in [-0.39, 0.29) is 25.0 Å². The SMILES string of the molecule is O=C(CO)N1CC(Oc2ccc(C34CC(C(F)(F)C(O)(Cn5cnnn5)c5ccc(F)cc5F)(C3)C4)cc2)C(F)(F)C1. The van der Waals surface area contributed by atoms with Gasteiger partial charge in [0.15, 0.2) is 11.7 Å². The molecular formula is C27H25F6N5O4. The monoisotopic (exact) mass is 597 g/mol. The number of aliphatic hydroxyl groups is 2. The maximum atomic E-state index is 16.3. The molecule has 4 aliphatic rings. The van der Waals surface area contributed by atoms with E-state index in [1.165, 1.54) is 12.1 Å². The van der Waals surface area contributed by atoms with Gasteiger partial charge in [0.25, 0.3) is 5.92 Å². The highest BCUT2D eigenvalue weighted by atomic mass is 19.3. The van der Waals surface area contributed by atoms with Crippen LogP contribution in [0.3, 0.4) is 0 Å². The Bertz CT molecular complexity index is 1490. The number of carbonyl (C=O) groups is 1. The van der Waals surface area contributed by atoms with E-state index in [9.17, 15) is 27.5 Å². The molecule has 2 atom stereocenters. The van der Waals surface area contributed by atoms with Gasteiger partial charge in [-0.1, -0.05) is 12.1 Å². The number of hydrogen-bond donors (Lipinski definition) is 2. The van der Waals surface area contributed by atoms with Gasteiger partial charge in [-0.3, -0.25) is 4.79 Å². The van der Waals surface area contributed by atoms with Crippen LogP contribution in [0.1, 0.15) is 30.4 Å². The lowest BCUT2D eigenvalue weighted by Gasteiger charge is -2.74. The number of aliphatic hydroxyl groups excluding tert-OH is 1. The lowest BCUT2D eigenvalue weighted by molar-refractivity contribution is -0.347. The minimum atomic E-state index is -3.89. The Kier molecular flexibility index (Phi) is 6.35. The highest BCUT2D eigenvalue weighted by Gasteiger charge is 2.82. The third-order valence-electron chi connectivity index (χ3n) is 8.87. The average Bonchev–Trinajstić information content (AvgIpc) is 3.49. The molecule has 2 N–H and O–H groups in total. The van der Waals surface area contributed by atoms with Crippen molar-refractivity contribution < 1.29 is 46.1 Å². The topological polar surface area (TPSA) is 114 Å². The summed E-state index contributed by atoms with van der Waals surface area (Å²) in [6.45, 7) is -3.06. The normalized spacial score (nSPS) is 27.6. The van der Waals surface area contributed by atoms with Crippen molar-refractivity contribution in [2.24, 2.45) is 5.41 Å². The summed E-state index contributed by atoms with van der Waals surface area (Å²) < 4.78 is 96.1. The maximum absolute atomic E-state index is 16.3. The first-order valence-corrected chi connectivity index (χ1v) is 13.0. The maximum Gasteiger partial charge on any atom is 0.302 e. The van der Waals surface area contributed by atoms with Crippen LogP contribution in [-0.2, 0) is 22.4 Å². The summed E-state index contributed by atoms with van der Waals surface area (Å²) in [5.74, 6) is -10.3. The van der Waals surface area contributed by atoms with Crippen molar-refractivity contribution in [1.82, 2.24) is 25.1 Å². The molecule has 42 heavy (non-hydrogen) atoms. The van der Waals surface area contributed by atoms with E-state index in [0.717, 1.165) is 28.0 Å². The smallest absolute Gasteiger partial charge is 0.302 e. The van der Waals surface area contributed by atoms with Gasteiger partial charge in [0.05, 0.1) is 19.6 Å². The molecule has 7 rings (SSSR count). The molecule has 224 valence electrons. The van der Waals surface area contributed by atoms with Gasteiger partial charge in [-0.05, 0) is 64.9 Å². The van der Waals surface area contributed by atoms with Gasteiger partial charge in [0.2, 0.25) is 5.91 Å². The van der Waals surface area contributed by atoms with Crippen LogP contribution in [0.15, 0.2) is 48.8 Å². The molecule has 3 aliphatic carbocycles. The van der Waals surface area contributed by atoms with Gasteiger partial charge in [0, 0.05) is 17.0 Å². The van der Waals surface area contributed by atoms with Crippen molar-refractivity contribution in [2.75, 3.05) is 19.7 Å². The zero-order valence-electron chi connectivity index (χ0n) is 21.9. The molecule has 2 aromatic carbocycles. The van der Waals surface area contributed by atoms with Crippen molar-refractivity contribution in [3.8, 4) is 5.75 Å². The van der Waals surface area contributed by atoms with Crippen molar-refractivity contribution in [3.63, 3.8) is 0 Å². The largest absolute Gasteiger partial charge is 0.482 e. The molecule has 0 spiro atoms. The molecular weight excluding hydrogens is 572 g/mol. The molecule has 1 aliphatic heterocycles. The Morgan fingerprint density at radius 3 is 2.38 bits per heavy atom. The number of rotatable bonds is 9. The Morgan fingerprint density at radius 2 is 1.79 bits per heavy atom. The predicted molar refractivity (Wildman–Crippen MR) is 130 cm³/mol. The Balaban J connectivity index is 1.19. The van der Waals surface area contributed by atoms with Crippen LogP contribution < -0.4 is 4.74 Å². The molecule has 9 nitrogen and oxygen atoms in total. The van der Waals surface area contributed by atoms with Gasteiger partial charge in [0.1, 0.15) is 30.3 Å².